The first-order chi connectivity index (χ1) is 13.2. The number of aromatic nitrogens is 2. The topological polar surface area (TPSA) is 88.4 Å². The van der Waals surface area contributed by atoms with Crippen molar-refractivity contribution in [2.75, 3.05) is 11.5 Å². The van der Waals surface area contributed by atoms with E-state index >= 15 is 0 Å². The van der Waals surface area contributed by atoms with E-state index in [9.17, 15) is 8.42 Å². The maximum Gasteiger partial charge on any atom is 0.187 e. The quantitative estimate of drug-likeness (QED) is 0.438. The lowest BCUT2D eigenvalue weighted by Gasteiger charge is -2.35. The van der Waals surface area contributed by atoms with Gasteiger partial charge in [0.05, 0.1) is 29.5 Å². The molecule has 156 valence electrons. The Bertz CT molecular complexity index is 862. The number of hydrogen-bond acceptors (Lipinski definition) is 5. The summed E-state index contributed by atoms with van der Waals surface area (Å²) in [6, 6.07) is 0.297. The normalized spacial score (nSPS) is 29.9. The fourth-order valence-electron chi connectivity index (χ4n) is 4.33. The fourth-order valence-corrected chi connectivity index (χ4v) is 6.22. The Hall–Kier alpha value is -1.48. The fraction of sp³-hybridized carbons (Fsp3) is 0.737. The lowest BCUT2D eigenvalue weighted by atomic mass is 9.78. The summed E-state index contributed by atoms with van der Waals surface area (Å²) < 4.78 is 25.4. The highest BCUT2D eigenvalue weighted by atomic mass is 32.2. The summed E-state index contributed by atoms with van der Waals surface area (Å²) >= 11 is 5.40. The predicted octanol–water partition coefficient (Wildman–Crippen LogP) is 2.48. The van der Waals surface area contributed by atoms with Crippen LogP contribution in [0.4, 0.5) is 0 Å². The van der Waals surface area contributed by atoms with Crippen LogP contribution in [0, 0.1) is 25.7 Å². The first kappa shape index (κ1) is 21.2. The van der Waals surface area contributed by atoms with E-state index in [0.717, 1.165) is 23.4 Å². The summed E-state index contributed by atoms with van der Waals surface area (Å²) in [5.74, 6) is 1.69. The van der Waals surface area contributed by atoms with Crippen molar-refractivity contribution < 1.29 is 8.42 Å². The first-order valence-corrected chi connectivity index (χ1v) is 12.3. The average molecular weight is 426 g/mol. The number of nitrogens with zero attached hydrogens (tertiary/aromatic N) is 3. The standard InChI is InChI=1S/C19H31N5O2S2/c1-12-6-5-7-18(13(12)2)21-19(27)22-20-10-17-14(3)23-24(15(17)4)16-8-9-28(25,26)11-16/h10,12-13,16,18H,5-9,11H2,1-4H3,(H2,21,22,27)/b20-10-/t12-,13-,16-,18-/m0/s1. The molecule has 1 saturated carbocycles. The van der Waals surface area contributed by atoms with Crippen molar-refractivity contribution in [2.45, 2.75) is 65.5 Å². The van der Waals surface area contributed by atoms with Gasteiger partial charge in [0.2, 0.25) is 0 Å². The summed E-state index contributed by atoms with van der Waals surface area (Å²) in [5, 5.41) is 12.8. The number of rotatable bonds is 4. The van der Waals surface area contributed by atoms with Crippen LogP contribution in [-0.2, 0) is 9.84 Å². The zero-order valence-electron chi connectivity index (χ0n) is 17.1. The molecule has 2 fully saturated rings. The summed E-state index contributed by atoms with van der Waals surface area (Å²) in [4.78, 5) is 0. The van der Waals surface area contributed by atoms with Crippen LogP contribution in [0.5, 0.6) is 0 Å². The number of hydrazone groups is 1. The van der Waals surface area contributed by atoms with Crippen molar-refractivity contribution in [1.29, 1.82) is 0 Å². The molecule has 1 aromatic heterocycles. The molecule has 2 aliphatic rings. The van der Waals surface area contributed by atoms with Crippen molar-refractivity contribution >= 4 is 33.4 Å². The van der Waals surface area contributed by atoms with Gasteiger partial charge in [-0.05, 0) is 50.7 Å². The molecule has 0 bridgehead atoms. The minimum atomic E-state index is -2.95. The van der Waals surface area contributed by atoms with Crippen LogP contribution in [0.25, 0.3) is 0 Å². The van der Waals surface area contributed by atoms with E-state index in [1.165, 1.54) is 12.8 Å². The Morgan fingerprint density at radius 2 is 2.04 bits per heavy atom. The second kappa shape index (κ2) is 8.49. The van der Waals surface area contributed by atoms with Gasteiger partial charge < -0.3 is 5.32 Å². The maximum absolute atomic E-state index is 11.8. The van der Waals surface area contributed by atoms with Gasteiger partial charge in [0.25, 0.3) is 0 Å². The molecule has 7 nitrogen and oxygen atoms in total. The highest BCUT2D eigenvalue weighted by Gasteiger charge is 2.31. The molecule has 0 unspecified atom stereocenters. The molecule has 3 rings (SSSR count). The molecule has 1 aliphatic heterocycles. The van der Waals surface area contributed by atoms with Gasteiger partial charge in [-0.15, -0.1) is 0 Å². The van der Waals surface area contributed by atoms with Crippen molar-refractivity contribution in [3.05, 3.63) is 17.0 Å². The summed E-state index contributed by atoms with van der Waals surface area (Å²) in [7, 11) is -2.95. The Balaban J connectivity index is 1.61. The van der Waals surface area contributed by atoms with Gasteiger partial charge in [-0.1, -0.05) is 26.7 Å². The number of sulfone groups is 1. The molecule has 2 heterocycles. The SMILES string of the molecule is Cc1nn([C@H]2CCS(=O)(=O)C2)c(C)c1/C=N\NC(=S)N[C@H]1CCC[C@H](C)[C@@H]1C. The number of nitrogens with one attached hydrogen (secondary N) is 2. The molecule has 1 saturated heterocycles. The van der Waals surface area contributed by atoms with Gasteiger partial charge in [-0.2, -0.15) is 10.2 Å². The van der Waals surface area contributed by atoms with Gasteiger partial charge in [-0.3, -0.25) is 10.1 Å². The molecule has 28 heavy (non-hydrogen) atoms. The number of aryl methyl sites for hydroxylation is 1. The van der Waals surface area contributed by atoms with Gasteiger partial charge in [0.15, 0.2) is 14.9 Å². The van der Waals surface area contributed by atoms with Crippen LogP contribution in [0.15, 0.2) is 5.10 Å². The van der Waals surface area contributed by atoms with Crippen molar-refractivity contribution in [2.24, 2.45) is 16.9 Å². The van der Waals surface area contributed by atoms with E-state index in [-0.39, 0.29) is 17.5 Å². The summed E-state index contributed by atoms with van der Waals surface area (Å²) in [5.41, 5.74) is 5.58. The van der Waals surface area contributed by atoms with Crippen LogP contribution < -0.4 is 10.7 Å². The third-order valence-corrected chi connectivity index (χ3v) is 8.28. The molecular weight excluding hydrogens is 394 g/mol. The Morgan fingerprint density at radius 3 is 2.71 bits per heavy atom. The second-order valence-electron chi connectivity index (χ2n) is 8.30. The van der Waals surface area contributed by atoms with Crippen LogP contribution in [0.3, 0.4) is 0 Å². The van der Waals surface area contributed by atoms with Gasteiger partial charge in [-0.25, -0.2) is 8.42 Å². The number of thiocarbonyl (C=S) groups is 1. The summed E-state index contributed by atoms with van der Waals surface area (Å²) in [6.45, 7) is 8.44. The molecule has 0 aromatic carbocycles. The minimum Gasteiger partial charge on any atom is -0.358 e. The van der Waals surface area contributed by atoms with Crippen LogP contribution in [0.2, 0.25) is 0 Å². The zero-order valence-corrected chi connectivity index (χ0v) is 18.7. The predicted molar refractivity (Wildman–Crippen MR) is 116 cm³/mol. The Morgan fingerprint density at radius 1 is 1.29 bits per heavy atom. The lowest BCUT2D eigenvalue weighted by molar-refractivity contribution is 0.224. The lowest BCUT2D eigenvalue weighted by Crippen LogP contribution is -2.46. The van der Waals surface area contributed by atoms with E-state index in [1.807, 2.05) is 18.5 Å². The van der Waals surface area contributed by atoms with E-state index in [0.29, 0.717) is 29.4 Å². The van der Waals surface area contributed by atoms with Crippen molar-refractivity contribution in [3.8, 4) is 0 Å². The number of hydrogen-bond donors (Lipinski definition) is 2. The first-order valence-electron chi connectivity index (χ1n) is 10.0. The molecule has 0 radical (unpaired) electrons. The van der Waals surface area contributed by atoms with E-state index in [2.05, 4.69) is 34.8 Å². The van der Waals surface area contributed by atoms with Crippen molar-refractivity contribution in [1.82, 2.24) is 20.5 Å². The molecule has 4 atom stereocenters. The van der Waals surface area contributed by atoms with Crippen molar-refractivity contribution in [3.63, 3.8) is 0 Å². The molecule has 1 aromatic rings. The Labute approximate surface area is 173 Å². The van der Waals surface area contributed by atoms with Gasteiger partial charge in [0.1, 0.15) is 0 Å². The molecule has 1 aliphatic carbocycles. The smallest absolute Gasteiger partial charge is 0.187 e. The third kappa shape index (κ3) is 4.74. The Kier molecular flexibility index (Phi) is 6.44. The van der Waals surface area contributed by atoms with E-state index in [1.54, 1.807) is 6.21 Å². The van der Waals surface area contributed by atoms with E-state index < -0.39 is 9.84 Å². The average Bonchev–Trinajstić information content (AvgIpc) is 3.12. The zero-order chi connectivity index (χ0) is 20.5. The highest BCUT2D eigenvalue weighted by molar-refractivity contribution is 7.91. The van der Waals surface area contributed by atoms with Gasteiger partial charge in [0, 0.05) is 17.3 Å². The third-order valence-electron chi connectivity index (χ3n) is 6.32. The molecular formula is C19H31N5O2S2. The molecule has 9 heteroatoms. The van der Waals surface area contributed by atoms with Crippen LogP contribution in [0.1, 0.15) is 62.5 Å². The van der Waals surface area contributed by atoms with Crippen LogP contribution in [-0.4, -0.2) is 47.1 Å². The largest absolute Gasteiger partial charge is 0.358 e. The molecule has 0 amide bonds. The molecule has 2 N–H and O–H groups in total. The summed E-state index contributed by atoms with van der Waals surface area (Å²) in [6.07, 6.45) is 5.97. The van der Waals surface area contributed by atoms with E-state index in [4.69, 9.17) is 12.2 Å². The van der Waals surface area contributed by atoms with Crippen LogP contribution >= 0.6 is 12.2 Å². The highest BCUT2D eigenvalue weighted by Crippen LogP contribution is 2.29. The monoisotopic (exact) mass is 425 g/mol. The maximum atomic E-state index is 11.8. The molecule has 0 spiro atoms. The second-order valence-corrected chi connectivity index (χ2v) is 10.9. The minimum absolute atomic E-state index is 0.0867. The van der Waals surface area contributed by atoms with Gasteiger partial charge >= 0.3 is 0 Å².